The van der Waals surface area contributed by atoms with E-state index < -0.39 is 5.91 Å². The SMILES string of the molecule is COc1ccccc1CCNc1cnc(C(=O)NCc2ccccc2F)cn1. The van der Waals surface area contributed by atoms with Gasteiger partial charge in [0.05, 0.1) is 19.5 Å². The van der Waals surface area contributed by atoms with Crippen LogP contribution in [0.2, 0.25) is 0 Å². The van der Waals surface area contributed by atoms with Gasteiger partial charge >= 0.3 is 0 Å². The number of hydrogen-bond donors (Lipinski definition) is 2. The number of methoxy groups -OCH3 is 1. The third kappa shape index (κ3) is 5.03. The zero-order valence-corrected chi connectivity index (χ0v) is 15.5. The summed E-state index contributed by atoms with van der Waals surface area (Å²) >= 11 is 0. The topological polar surface area (TPSA) is 76.1 Å². The minimum Gasteiger partial charge on any atom is -0.496 e. The van der Waals surface area contributed by atoms with E-state index in [9.17, 15) is 9.18 Å². The molecular weight excluding hydrogens is 359 g/mol. The zero-order valence-electron chi connectivity index (χ0n) is 15.5. The lowest BCUT2D eigenvalue weighted by molar-refractivity contribution is 0.0945. The Morgan fingerprint density at radius 1 is 1.04 bits per heavy atom. The Kier molecular flexibility index (Phi) is 6.51. The number of halogens is 1. The van der Waals surface area contributed by atoms with Gasteiger partial charge in [0.25, 0.3) is 5.91 Å². The Balaban J connectivity index is 1.50. The largest absolute Gasteiger partial charge is 0.496 e. The molecule has 2 aromatic carbocycles. The summed E-state index contributed by atoms with van der Waals surface area (Å²) in [5.41, 5.74) is 1.68. The van der Waals surface area contributed by atoms with Crippen LogP contribution < -0.4 is 15.4 Å². The number of carbonyl (C=O) groups excluding carboxylic acids is 1. The summed E-state index contributed by atoms with van der Waals surface area (Å²) in [6.45, 7) is 0.736. The van der Waals surface area contributed by atoms with E-state index in [1.54, 1.807) is 25.3 Å². The molecule has 1 amide bonds. The van der Waals surface area contributed by atoms with Crippen LogP contribution in [-0.4, -0.2) is 29.5 Å². The molecule has 0 spiro atoms. The molecule has 0 atom stereocenters. The van der Waals surface area contributed by atoms with Crippen LogP contribution in [-0.2, 0) is 13.0 Å². The van der Waals surface area contributed by atoms with E-state index in [2.05, 4.69) is 20.6 Å². The molecule has 0 fully saturated rings. The predicted octanol–water partition coefficient (Wildman–Crippen LogP) is 3.21. The first-order valence-corrected chi connectivity index (χ1v) is 8.87. The van der Waals surface area contributed by atoms with E-state index in [4.69, 9.17) is 4.74 Å². The number of rotatable bonds is 8. The number of aromatic nitrogens is 2. The summed E-state index contributed by atoms with van der Waals surface area (Å²) in [6, 6.07) is 14.1. The molecular formula is C21H21FN4O2. The van der Waals surface area contributed by atoms with Crippen molar-refractivity contribution in [2.75, 3.05) is 19.0 Å². The number of amides is 1. The maximum absolute atomic E-state index is 13.6. The molecule has 2 N–H and O–H groups in total. The first kappa shape index (κ1) is 19.3. The second-order valence-electron chi connectivity index (χ2n) is 6.05. The van der Waals surface area contributed by atoms with Crippen LogP contribution in [0.15, 0.2) is 60.9 Å². The van der Waals surface area contributed by atoms with Crippen molar-refractivity contribution in [2.45, 2.75) is 13.0 Å². The van der Waals surface area contributed by atoms with Gasteiger partial charge in [-0.15, -0.1) is 0 Å². The molecule has 3 aromatic rings. The number of nitrogens with one attached hydrogen (secondary N) is 2. The van der Waals surface area contributed by atoms with Gasteiger partial charge in [0.1, 0.15) is 23.1 Å². The van der Waals surface area contributed by atoms with Crippen molar-refractivity contribution >= 4 is 11.7 Å². The summed E-state index contributed by atoms with van der Waals surface area (Å²) in [5, 5.41) is 5.80. The standard InChI is InChI=1S/C21H21FN4O2/c1-28-19-9-5-3-6-15(19)10-11-23-20-14-24-18(13-25-20)21(27)26-12-16-7-2-4-8-17(16)22/h2-9,13-14H,10-12H2,1H3,(H,23,25)(H,26,27). The number of hydrogen-bond acceptors (Lipinski definition) is 5. The maximum Gasteiger partial charge on any atom is 0.271 e. The van der Waals surface area contributed by atoms with E-state index in [1.165, 1.54) is 18.5 Å². The molecule has 0 aliphatic rings. The smallest absolute Gasteiger partial charge is 0.271 e. The molecule has 0 aliphatic carbocycles. The van der Waals surface area contributed by atoms with Gasteiger partial charge in [-0.3, -0.25) is 4.79 Å². The van der Waals surface area contributed by atoms with Crippen LogP contribution in [0.25, 0.3) is 0 Å². The highest BCUT2D eigenvalue weighted by Gasteiger charge is 2.09. The summed E-state index contributed by atoms with van der Waals surface area (Å²) in [4.78, 5) is 20.5. The second-order valence-corrected chi connectivity index (χ2v) is 6.05. The second kappa shape index (κ2) is 9.45. The monoisotopic (exact) mass is 380 g/mol. The van der Waals surface area contributed by atoms with E-state index >= 15 is 0 Å². The Hall–Kier alpha value is -3.48. The van der Waals surface area contributed by atoms with Crippen LogP contribution in [0.1, 0.15) is 21.6 Å². The van der Waals surface area contributed by atoms with E-state index in [0.717, 1.165) is 17.7 Å². The van der Waals surface area contributed by atoms with Gasteiger partial charge < -0.3 is 15.4 Å². The molecule has 0 unspecified atom stereocenters. The molecule has 1 aromatic heterocycles. The maximum atomic E-state index is 13.6. The van der Waals surface area contributed by atoms with E-state index in [0.29, 0.717) is 17.9 Å². The number of anilines is 1. The van der Waals surface area contributed by atoms with Crippen LogP contribution in [0.5, 0.6) is 5.75 Å². The molecule has 28 heavy (non-hydrogen) atoms. The van der Waals surface area contributed by atoms with Gasteiger partial charge in [0.15, 0.2) is 0 Å². The first-order valence-electron chi connectivity index (χ1n) is 8.87. The van der Waals surface area contributed by atoms with Crippen LogP contribution in [0.3, 0.4) is 0 Å². The van der Waals surface area contributed by atoms with Crippen molar-refractivity contribution in [2.24, 2.45) is 0 Å². The van der Waals surface area contributed by atoms with Gasteiger partial charge in [0.2, 0.25) is 0 Å². The van der Waals surface area contributed by atoms with Crippen molar-refractivity contribution in [3.8, 4) is 5.75 Å². The fourth-order valence-corrected chi connectivity index (χ4v) is 2.68. The molecule has 3 rings (SSSR count). The quantitative estimate of drug-likeness (QED) is 0.628. The molecule has 144 valence electrons. The number of ether oxygens (including phenoxy) is 1. The normalized spacial score (nSPS) is 10.4. The van der Waals surface area contributed by atoms with Crippen LogP contribution in [0, 0.1) is 5.82 Å². The van der Waals surface area contributed by atoms with Crippen molar-refractivity contribution in [3.05, 3.63) is 83.6 Å². The first-order chi connectivity index (χ1) is 13.7. The van der Waals surface area contributed by atoms with E-state index in [1.807, 2.05) is 24.3 Å². The van der Waals surface area contributed by atoms with E-state index in [-0.39, 0.29) is 18.1 Å². The molecule has 7 heteroatoms. The summed E-state index contributed by atoms with van der Waals surface area (Å²) in [5.74, 6) is 0.651. The average Bonchev–Trinajstić information content (AvgIpc) is 2.74. The third-order valence-corrected chi connectivity index (χ3v) is 4.17. The van der Waals surface area contributed by atoms with Crippen LogP contribution >= 0.6 is 0 Å². The molecule has 0 aliphatic heterocycles. The fraction of sp³-hybridized carbons (Fsp3) is 0.190. The minimum absolute atomic E-state index is 0.0894. The summed E-state index contributed by atoms with van der Waals surface area (Å²) < 4.78 is 18.9. The number of nitrogens with zero attached hydrogens (tertiary/aromatic N) is 2. The zero-order chi connectivity index (χ0) is 19.8. The molecule has 0 saturated heterocycles. The Morgan fingerprint density at radius 3 is 2.50 bits per heavy atom. The third-order valence-electron chi connectivity index (χ3n) is 4.17. The lowest BCUT2D eigenvalue weighted by atomic mass is 10.1. The number of benzene rings is 2. The Morgan fingerprint density at radius 2 is 1.79 bits per heavy atom. The fourth-order valence-electron chi connectivity index (χ4n) is 2.68. The van der Waals surface area contributed by atoms with Gasteiger partial charge in [-0.25, -0.2) is 14.4 Å². The van der Waals surface area contributed by atoms with Crippen molar-refractivity contribution < 1.29 is 13.9 Å². The molecule has 1 heterocycles. The van der Waals surface area contributed by atoms with Crippen LogP contribution in [0.4, 0.5) is 10.2 Å². The highest BCUT2D eigenvalue weighted by atomic mass is 19.1. The molecule has 0 bridgehead atoms. The van der Waals surface area contributed by atoms with Crippen molar-refractivity contribution in [3.63, 3.8) is 0 Å². The van der Waals surface area contributed by atoms with Gasteiger partial charge in [-0.2, -0.15) is 0 Å². The minimum atomic E-state index is -0.406. The van der Waals surface area contributed by atoms with Gasteiger partial charge in [-0.1, -0.05) is 36.4 Å². The summed E-state index contributed by atoms with van der Waals surface area (Å²) in [6.07, 6.45) is 3.65. The van der Waals surface area contributed by atoms with Crippen molar-refractivity contribution in [1.29, 1.82) is 0 Å². The van der Waals surface area contributed by atoms with Gasteiger partial charge in [-0.05, 0) is 24.1 Å². The predicted molar refractivity (Wildman–Crippen MR) is 105 cm³/mol. The number of carbonyl (C=O) groups is 1. The highest BCUT2D eigenvalue weighted by molar-refractivity contribution is 5.91. The lowest BCUT2D eigenvalue weighted by Gasteiger charge is -2.09. The van der Waals surface area contributed by atoms with Gasteiger partial charge in [0, 0.05) is 18.7 Å². The summed E-state index contributed by atoms with van der Waals surface area (Å²) in [7, 11) is 1.65. The Bertz CT molecular complexity index is 932. The lowest BCUT2D eigenvalue weighted by Crippen LogP contribution is -2.24. The average molecular weight is 380 g/mol. The molecule has 6 nitrogen and oxygen atoms in total. The highest BCUT2D eigenvalue weighted by Crippen LogP contribution is 2.17. The van der Waals surface area contributed by atoms with Crippen molar-refractivity contribution in [1.82, 2.24) is 15.3 Å². The molecule has 0 radical (unpaired) electrons. The molecule has 0 saturated carbocycles. The number of para-hydroxylation sites is 1. The Labute approximate surface area is 162 Å².